The third kappa shape index (κ3) is 4.97. The minimum atomic E-state index is -0.542. The maximum Gasteiger partial charge on any atom is 0.306 e. The first-order valence-electron chi connectivity index (χ1n) is 8.93. The number of primary amides is 1. The van der Waals surface area contributed by atoms with Crippen molar-refractivity contribution in [3.63, 3.8) is 0 Å². The molecule has 0 unspecified atom stereocenters. The molecular weight excluding hydrogens is 358 g/mol. The number of esters is 1. The van der Waals surface area contributed by atoms with Crippen LogP contribution >= 0.6 is 0 Å². The Labute approximate surface area is 161 Å². The van der Waals surface area contributed by atoms with E-state index in [1.807, 2.05) is 30.5 Å². The number of hydrogen-bond donors (Lipinski definition) is 3. The Morgan fingerprint density at radius 3 is 2.54 bits per heavy atom. The molecule has 2 aromatic carbocycles. The van der Waals surface area contributed by atoms with Crippen molar-refractivity contribution < 1.29 is 19.1 Å². The maximum atomic E-state index is 11.9. The highest BCUT2D eigenvalue weighted by molar-refractivity contribution is 5.95. The summed E-state index contributed by atoms with van der Waals surface area (Å²) in [7, 11) is 0. The average Bonchev–Trinajstić information content (AvgIpc) is 3.10. The molecule has 28 heavy (non-hydrogen) atoms. The van der Waals surface area contributed by atoms with Gasteiger partial charge in [0.15, 0.2) is 6.61 Å². The number of H-pyrrole nitrogens is 1. The lowest BCUT2D eigenvalue weighted by Gasteiger charge is -2.07. The Kier molecular flexibility index (Phi) is 6.06. The zero-order valence-electron chi connectivity index (χ0n) is 15.2. The summed E-state index contributed by atoms with van der Waals surface area (Å²) in [6, 6.07) is 14.1. The Balaban J connectivity index is 1.39. The summed E-state index contributed by atoms with van der Waals surface area (Å²) in [6.45, 7) is -0.358. The highest BCUT2D eigenvalue weighted by Crippen LogP contribution is 2.19. The Bertz CT molecular complexity index is 992. The molecule has 0 fully saturated rings. The number of rotatable bonds is 8. The number of ether oxygens (including phenoxy) is 1. The van der Waals surface area contributed by atoms with Crippen molar-refractivity contribution in [2.45, 2.75) is 19.3 Å². The average molecular weight is 379 g/mol. The van der Waals surface area contributed by atoms with E-state index in [0.29, 0.717) is 17.7 Å². The number of aromatic nitrogens is 1. The highest BCUT2D eigenvalue weighted by Gasteiger charge is 2.10. The van der Waals surface area contributed by atoms with Gasteiger partial charge in [0, 0.05) is 34.8 Å². The minimum absolute atomic E-state index is 0.236. The molecule has 0 atom stereocenters. The number of fused-ring (bicyclic) bond motifs is 1. The van der Waals surface area contributed by atoms with Crippen molar-refractivity contribution in [2.24, 2.45) is 5.73 Å². The van der Waals surface area contributed by atoms with Gasteiger partial charge in [-0.1, -0.05) is 18.2 Å². The minimum Gasteiger partial charge on any atom is -0.456 e. The van der Waals surface area contributed by atoms with E-state index < -0.39 is 17.8 Å². The summed E-state index contributed by atoms with van der Waals surface area (Å²) in [5, 5.41) is 3.74. The number of hydrogen-bond acceptors (Lipinski definition) is 4. The number of aryl methyl sites for hydroxylation is 1. The van der Waals surface area contributed by atoms with Crippen LogP contribution in [0.3, 0.4) is 0 Å². The van der Waals surface area contributed by atoms with Crippen molar-refractivity contribution in [2.75, 3.05) is 11.9 Å². The predicted octanol–water partition coefficient (Wildman–Crippen LogP) is 2.77. The van der Waals surface area contributed by atoms with Crippen molar-refractivity contribution in [3.8, 4) is 0 Å². The molecule has 0 saturated heterocycles. The van der Waals surface area contributed by atoms with Gasteiger partial charge in [-0.3, -0.25) is 14.4 Å². The van der Waals surface area contributed by atoms with Gasteiger partial charge in [-0.15, -0.1) is 0 Å². The van der Waals surface area contributed by atoms with Crippen LogP contribution in [0, 0.1) is 0 Å². The van der Waals surface area contributed by atoms with Gasteiger partial charge in [-0.2, -0.15) is 0 Å². The van der Waals surface area contributed by atoms with Crippen molar-refractivity contribution in [3.05, 3.63) is 65.9 Å². The number of aromatic amines is 1. The van der Waals surface area contributed by atoms with E-state index in [0.717, 1.165) is 22.9 Å². The summed E-state index contributed by atoms with van der Waals surface area (Å²) >= 11 is 0. The van der Waals surface area contributed by atoms with Gasteiger partial charge in [0.1, 0.15) is 0 Å². The standard InChI is InChI=1S/C21H21N3O4/c22-21(27)14-8-10-16(11-9-14)24-19(25)13-28-20(26)7-3-4-15-12-23-18-6-2-1-5-17(15)18/h1-2,5-6,8-12,23H,3-4,7,13H2,(H2,22,27)(H,24,25). The molecule has 3 rings (SSSR count). The van der Waals surface area contributed by atoms with Crippen LogP contribution in [-0.4, -0.2) is 29.4 Å². The van der Waals surface area contributed by atoms with E-state index in [2.05, 4.69) is 10.3 Å². The molecule has 0 aliphatic rings. The molecule has 0 radical (unpaired) electrons. The van der Waals surface area contributed by atoms with E-state index >= 15 is 0 Å². The molecule has 1 aromatic heterocycles. The molecule has 0 saturated carbocycles. The molecule has 2 amide bonds. The first-order chi connectivity index (χ1) is 13.5. The van der Waals surface area contributed by atoms with Crippen LogP contribution in [-0.2, 0) is 20.7 Å². The topological polar surface area (TPSA) is 114 Å². The number of nitrogens with two attached hydrogens (primary N) is 1. The van der Waals surface area contributed by atoms with Gasteiger partial charge in [0.25, 0.3) is 5.91 Å². The van der Waals surface area contributed by atoms with Gasteiger partial charge in [-0.05, 0) is 48.7 Å². The Morgan fingerprint density at radius 1 is 1.04 bits per heavy atom. The predicted molar refractivity (Wildman–Crippen MR) is 106 cm³/mol. The van der Waals surface area contributed by atoms with Crippen LogP contribution in [0.5, 0.6) is 0 Å². The number of benzene rings is 2. The fraction of sp³-hybridized carbons (Fsp3) is 0.190. The molecule has 144 valence electrons. The smallest absolute Gasteiger partial charge is 0.306 e. The van der Waals surface area contributed by atoms with Crippen LogP contribution in [0.1, 0.15) is 28.8 Å². The summed E-state index contributed by atoms with van der Waals surface area (Å²) in [6.07, 6.45) is 3.57. The zero-order valence-corrected chi connectivity index (χ0v) is 15.2. The molecular formula is C21H21N3O4. The molecule has 0 aliphatic heterocycles. The van der Waals surface area contributed by atoms with E-state index in [-0.39, 0.29) is 13.0 Å². The highest BCUT2D eigenvalue weighted by atomic mass is 16.5. The molecule has 0 bridgehead atoms. The second-order valence-corrected chi connectivity index (χ2v) is 6.36. The Hall–Kier alpha value is -3.61. The number of carbonyl (C=O) groups is 3. The quantitative estimate of drug-likeness (QED) is 0.522. The lowest BCUT2D eigenvalue weighted by Crippen LogP contribution is -2.21. The van der Waals surface area contributed by atoms with Gasteiger partial charge in [0.2, 0.25) is 5.91 Å². The molecule has 7 nitrogen and oxygen atoms in total. The van der Waals surface area contributed by atoms with E-state index in [1.165, 1.54) is 12.1 Å². The number of carbonyl (C=O) groups excluding carboxylic acids is 3. The van der Waals surface area contributed by atoms with Crippen LogP contribution in [0.2, 0.25) is 0 Å². The fourth-order valence-corrected chi connectivity index (χ4v) is 2.89. The number of para-hydroxylation sites is 1. The second-order valence-electron chi connectivity index (χ2n) is 6.36. The van der Waals surface area contributed by atoms with Gasteiger partial charge < -0.3 is 20.8 Å². The van der Waals surface area contributed by atoms with E-state index in [9.17, 15) is 14.4 Å². The molecule has 7 heteroatoms. The molecule has 3 aromatic rings. The third-order valence-electron chi connectivity index (χ3n) is 4.32. The largest absolute Gasteiger partial charge is 0.456 e. The summed E-state index contributed by atoms with van der Waals surface area (Å²) in [5.74, 6) is -1.41. The van der Waals surface area contributed by atoms with Gasteiger partial charge >= 0.3 is 5.97 Å². The van der Waals surface area contributed by atoms with Gasteiger partial charge in [-0.25, -0.2) is 0 Å². The normalized spacial score (nSPS) is 10.6. The van der Waals surface area contributed by atoms with Crippen LogP contribution in [0.4, 0.5) is 5.69 Å². The molecule has 0 spiro atoms. The van der Waals surface area contributed by atoms with Crippen LogP contribution < -0.4 is 11.1 Å². The third-order valence-corrected chi connectivity index (χ3v) is 4.32. The second kappa shape index (κ2) is 8.85. The lowest BCUT2D eigenvalue weighted by molar-refractivity contribution is -0.147. The van der Waals surface area contributed by atoms with Crippen molar-refractivity contribution in [1.82, 2.24) is 4.98 Å². The lowest BCUT2D eigenvalue weighted by atomic mass is 10.1. The molecule has 1 heterocycles. The van der Waals surface area contributed by atoms with E-state index in [4.69, 9.17) is 10.5 Å². The van der Waals surface area contributed by atoms with Crippen LogP contribution in [0.25, 0.3) is 10.9 Å². The van der Waals surface area contributed by atoms with Crippen molar-refractivity contribution >= 4 is 34.4 Å². The van der Waals surface area contributed by atoms with Crippen molar-refractivity contribution in [1.29, 1.82) is 0 Å². The molecule has 0 aliphatic carbocycles. The SMILES string of the molecule is NC(=O)c1ccc(NC(=O)COC(=O)CCCc2c[nH]c3ccccc23)cc1. The first-order valence-corrected chi connectivity index (χ1v) is 8.93. The Morgan fingerprint density at radius 2 is 1.79 bits per heavy atom. The number of amides is 2. The zero-order chi connectivity index (χ0) is 19.9. The van der Waals surface area contributed by atoms with Gasteiger partial charge in [0.05, 0.1) is 0 Å². The number of nitrogens with one attached hydrogen (secondary N) is 2. The first kappa shape index (κ1) is 19.2. The summed E-state index contributed by atoms with van der Waals surface area (Å²) < 4.78 is 5.01. The summed E-state index contributed by atoms with van der Waals surface area (Å²) in [5.41, 5.74) is 8.22. The van der Waals surface area contributed by atoms with E-state index in [1.54, 1.807) is 12.1 Å². The number of anilines is 1. The fourth-order valence-electron chi connectivity index (χ4n) is 2.89. The molecule has 4 N–H and O–H groups in total. The summed E-state index contributed by atoms with van der Waals surface area (Å²) in [4.78, 5) is 37.9. The maximum absolute atomic E-state index is 11.9. The van der Waals surface area contributed by atoms with Crippen LogP contribution in [0.15, 0.2) is 54.7 Å². The monoisotopic (exact) mass is 379 g/mol.